The van der Waals surface area contributed by atoms with Gasteiger partial charge in [-0.05, 0) is 41.8 Å². The Hall–Kier alpha value is -1.58. The van der Waals surface area contributed by atoms with Crippen LogP contribution < -0.4 is 4.74 Å². The molecule has 1 aliphatic rings. The van der Waals surface area contributed by atoms with Crippen LogP contribution in [0.15, 0.2) is 41.8 Å². The maximum atomic E-state index is 5.54. The molecule has 0 atom stereocenters. The largest absolute Gasteiger partial charge is 0.493 e. The molecule has 1 aliphatic heterocycles. The standard InChI is InChI=1S/C17H19NOS/c1-18(9-2-4-16-5-3-11-20-16)13-14-6-7-17-15(12-14)8-10-19-17/h2-7,11-12H,8-10,13H2,1H3/b4-2+. The summed E-state index contributed by atoms with van der Waals surface area (Å²) in [7, 11) is 2.16. The topological polar surface area (TPSA) is 12.5 Å². The molecule has 0 radical (unpaired) electrons. The molecular formula is C17H19NOS. The van der Waals surface area contributed by atoms with Gasteiger partial charge in [0.25, 0.3) is 0 Å². The Morgan fingerprint density at radius 2 is 2.30 bits per heavy atom. The van der Waals surface area contributed by atoms with Gasteiger partial charge in [-0.3, -0.25) is 4.90 Å². The molecule has 104 valence electrons. The maximum absolute atomic E-state index is 5.54. The van der Waals surface area contributed by atoms with E-state index in [4.69, 9.17) is 4.74 Å². The summed E-state index contributed by atoms with van der Waals surface area (Å²) < 4.78 is 5.54. The Morgan fingerprint density at radius 1 is 1.35 bits per heavy atom. The van der Waals surface area contributed by atoms with Crippen molar-refractivity contribution < 1.29 is 4.74 Å². The lowest BCUT2D eigenvalue weighted by atomic mass is 10.1. The van der Waals surface area contributed by atoms with Crippen LogP contribution in [0.4, 0.5) is 0 Å². The molecule has 0 unspecified atom stereocenters. The van der Waals surface area contributed by atoms with Gasteiger partial charge in [-0.25, -0.2) is 0 Å². The third kappa shape index (κ3) is 3.30. The smallest absolute Gasteiger partial charge is 0.122 e. The zero-order valence-electron chi connectivity index (χ0n) is 11.7. The average molecular weight is 285 g/mol. The highest BCUT2D eigenvalue weighted by Gasteiger charge is 2.12. The second-order valence-electron chi connectivity index (χ2n) is 5.16. The van der Waals surface area contributed by atoms with Crippen molar-refractivity contribution in [1.29, 1.82) is 0 Å². The SMILES string of the molecule is CN(C/C=C/c1cccs1)Cc1ccc2c(c1)CCO2. The summed E-state index contributed by atoms with van der Waals surface area (Å²) in [6.07, 6.45) is 5.46. The van der Waals surface area contributed by atoms with E-state index < -0.39 is 0 Å². The van der Waals surface area contributed by atoms with E-state index in [1.165, 1.54) is 16.0 Å². The zero-order chi connectivity index (χ0) is 13.8. The predicted octanol–water partition coefficient (Wildman–Crippen LogP) is 3.83. The number of ether oxygens (including phenoxy) is 1. The first-order chi connectivity index (χ1) is 9.81. The molecule has 0 N–H and O–H groups in total. The molecule has 2 aromatic rings. The summed E-state index contributed by atoms with van der Waals surface area (Å²) in [6, 6.07) is 10.8. The van der Waals surface area contributed by atoms with Gasteiger partial charge in [0, 0.05) is 24.4 Å². The van der Waals surface area contributed by atoms with Crippen molar-refractivity contribution in [3.8, 4) is 5.75 Å². The molecule has 0 aliphatic carbocycles. The summed E-state index contributed by atoms with van der Waals surface area (Å²) in [6.45, 7) is 2.77. The van der Waals surface area contributed by atoms with Crippen molar-refractivity contribution in [2.75, 3.05) is 20.2 Å². The minimum Gasteiger partial charge on any atom is -0.493 e. The molecule has 0 spiro atoms. The van der Waals surface area contributed by atoms with Gasteiger partial charge in [-0.15, -0.1) is 11.3 Å². The van der Waals surface area contributed by atoms with Crippen LogP contribution in [0.2, 0.25) is 0 Å². The first-order valence-corrected chi connectivity index (χ1v) is 7.82. The van der Waals surface area contributed by atoms with E-state index in [0.717, 1.165) is 31.9 Å². The van der Waals surface area contributed by atoms with Crippen LogP contribution in [-0.2, 0) is 13.0 Å². The number of benzene rings is 1. The van der Waals surface area contributed by atoms with Crippen molar-refractivity contribution in [2.45, 2.75) is 13.0 Å². The first kappa shape index (κ1) is 13.4. The van der Waals surface area contributed by atoms with Gasteiger partial charge in [0.05, 0.1) is 6.61 Å². The van der Waals surface area contributed by atoms with Crippen molar-refractivity contribution in [1.82, 2.24) is 4.90 Å². The molecule has 2 heterocycles. The highest BCUT2D eigenvalue weighted by atomic mass is 32.1. The van der Waals surface area contributed by atoms with Crippen LogP contribution in [0, 0.1) is 0 Å². The number of rotatable bonds is 5. The highest BCUT2D eigenvalue weighted by molar-refractivity contribution is 7.10. The van der Waals surface area contributed by atoms with Crippen LogP contribution in [-0.4, -0.2) is 25.1 Å². The fourth-order valence-electron chi connectivity index (χ4n) is 2.45. The van der Waals surface area contributed by atoms with E-state index in [-0.39, 0.29) is 0 Å². The predicted molar refractivity (Wildman–Crippen MR) is 85.3 cm³/mol. The van der Waals surface area contributed by atoms with Gasteiger partial charge < -0.3 is 4.74 Å². The minimum absolute atomic E-state index is 0.832. The molecule has 0 amide bonds. The molecule has 0 saturated carbocycles. The van der Waals surface area contributed by atoms with E-state index in [1.54, 1.807) is 11.3 Å². The summed E-state index contributed by atoms with van der Waals surface area (Å²) in [5.74, 6) is 1.06. The molecule has 20 heavy (non-hydrogen) atoms. The summed E-state index contributed by atoms with van der Waals surface area (Å²) >= 11 is 1.77. The van der Waals surface area contributed by atoms with Crippen molar-refractivity contribution in [2.24, 2.45) is 0 Å². The van der Waals surface area contributed by atoms with E-state index in [0.29, 0.717) is 0 Å². The van der Waals surface area contributed by atoms with Gasteiger partial charge in [0.2, 0.25) is 0 Å². The first-order valence-electron chi connectivity index (χ1n) is 6.94. The van der Waals surface area contributed by atoms with Crippen molar-refractivity contribution >= 4 is 17.4 Å². The van der Waals surface area contributed by atoms with E-state index in [2.05, 4.69) is 59.8 Å². The number of hydrogen-bond donors (Lipinski definition) is 0. The number of likely N-dealkylation sites (N-methyl/N-ethyl adjacent to an activating group) is 1. The van der Waals surface area contributed by atoms with Crippen LogP contribution in [0.25, 0.3) is 6.08 Å². The molecule has 3 heteroatoms. The van der Waals surface area contributed by atoms with E-state index in [9.17, 15) is 0 Å². The quantitative estimate of drug-likeness (QED) is 0.828. The third-order valence-electron chi connectivity index (χ3n) is 3.45. The van der Waals surface area contributed by atoms with Gasteiger partial charge in [0.1, 0.15) is 5.75 Å². The summed E-state index contributed by atoms with van der Waals surface area (Å²) in [5.41, 5.74) is 2.71. The minimum atomic E-state index is 0.832. The number of thiophene rings is 1. The maximum Gasteiger partial charge on any atom is 0.122 e. The van der Waals surface area contributed by atoms with Gasteiger partial charge in [-0.2, -0.15) is 0 Å². The molecular weight excluding hydrogens is 266 g/mol. The van der Waals surface area contributed by atoms with E-state index in [1.807, 2.05) is 0 Å². The Labute approximate surface area is 124 Å². The van der Waals surface area contributed by atoms with Gasteiger partial charge in [0.15, 0.2) is 0 Å². The molecule has 1 aromatic heterocycles. The normalized spacial score (nSPS) is 13.9. The Bertz CT molecular complexity index is 589. The molecule has 0 bridgehead atoms. The van der Waals surface area contributed by atoms with Crippen LogP contribution >= 0.6 is 11.3 Å². The summed E-state index contributed by atoms with van der Waals surface area (Å²) in [5, 5.41) is 2.11. The second kappa shape index (κ2) is 6.25. The third-order valence-corrected chi connectivity index (χ3v) is 4.29. The van der Waals surface area contributed by atoms with Crippen LogP contribution in [0.3, 0.4) is 0 Å². The van der Waals surface area contributed by atoms with Crippen molar-refractivity contribution in [3.63, 3.8) is 0 Å². The van der Waals surface area contributed by atoms with Gasteiger partial charge in [-0.1, -0.05) is 24.3 Å². The zero-order valence-corrected chi connectivity index (χ0v) is 12.5. The van der Waals surface area contributed by atoms with Crippen molar-refractivity contribution in [3.05, 3.63) is 57.8 Å². The molecule has 0 fully saturated rings. The number of fused-ring (bicyclic) bond motifs is 1. The number of hydrogen-bond acceptors (Lipinski definition) is 3. The molecule has 0 saturated heterocycles. The van der Waals surface area contributed by atoms with E-state index >= 15 is 0 Å². The fraction of sp³-hybridized carbons (Fsp3) is 0.294. The van der Waals surface area contributed by atoms with Gasteiger partial charge >= 0.3 is 0 Å². The Morgan fingerprint density at radius 3 is 3.15 bits per heavy atom. The summed E-state index contributed by atoms with van der Waals surface area (Å²) in [4.78, 5) is 3.63. The second-order valence-corrected chi connectivity index (χ2v) is 6.13. The lowest BCUT2D eigenvalue weighted by Crippen LogP contribution is -2.17. The monoisotopic (exact) mass is 285 g/mol. The van der Waals surface area contributed by atoms with Crippen LogP contribution in [0.1, 0.15) is 16.0 Å². The molecule has 3 rings (SSSR count). The average Bonchev–Trinajstić information content (AvgIpc) is 3.08. The fourth-order valence-corrected chi connectivity index (χ4v) is 3.10. The lowest BCUT2D eigenvalue weighted by molar-refractivity contribution is 0.356. The van der Waals surface area contributed by atoms with Crippen LogP contribution in [0.5, 0.6) is 5.75 Å². The highest BCUT2D eigenvalue weighted by Crippen LogP contribution is 2.26. The Kier molecular flexibility index (Phi) is 4.19. The molecule has 1 aromatic carbocycles. The number of nitrogens with zero attached hydrogens (tertiary/aromatic N) is 1. The Balaban J connectivity index is 1.55. The lowest BCUT2D eigenvalue weighted by Gasteiger charge is -2.14. The molecule has 2 nitrogen and oxygen atoms in total.